The number of hydrogen-bond donors (Lipinski definition) is 2. The summed E-state index contributed by atoms with van der Waals surface area (Å²) in [7, 11) is 0. The molecule has 4 heteroatoms. The first-order valence-electron chi connectivity index (χ1n) is 6.70. The van der Waals surface area contributed by atoms with Crippen LogP contribution < -0.4 is 5.32 Å². The van der Waals surface area contributed by atoms with E-state index in [-0.39, 0.29) is 17.2 Å². The van der Waals surface area contributed by atoms with Crippen molar-refractivity contribution in [3.05, 3.63) is 0 Å². The lowest BCUT2D eigenvalue weighted by Crippen LogP contribution is -2.41. The Balaban J connectivity index is 4.30. The van der Waals surface area contributed by atoms with Crippen molar-refractivity contribution in [3.8, 4) is 0 Å². The van der Waals surface area contributed by atoms with Crippen LogP contribution in [0.1, 0.15) is 60.3 Å². The molecule has 1 unspecified atom stereocenters. The SMILES string of the molecule is CCCC[C@H](NC(=O)CC(C)C(C)(C)C)C(=O)O. The second kappa shape index (κ2) is 7.39. The van der Waals surface area contributed by atoms with Crippen LogP contribution >= 0.6 is 0 Å². The average molecular weight is 257 g/mol. The summed E-state index contributed by atoms with van der Waals surface area (Å²) in [5, 5.41) is 11.6. The van der Waals surface area contributed by atoms with Gasteiger partial charge in [0.05, 0.1) is 0 Å². The fraction of sp³-hybridized carbons (Fsp3) is 0.857. The van der Waals surface area contributed by atoms with Crippen LogP contribution in [0.4, 0.5) is 0 Å². The third-order valence-corrected chi connectivity index (χ3v) is 3.45. The molecule has 0 heterocycles. The van der Waals surface area contributed by atoms with E-state index in [2.05, 4.69) is 26.1 Å². The topological polar surface area (TPSA) is 66.4 Å². The summed E-state index contributed by atoms with van der Waals surface area (Å²) in [5.41, 5.74) is 0.0550. The Morgan fingerprint density at radius 2 is 1.83 bits per heavy atom. The highest BCUT2D eigenvalue weighted by molar-refractivity contribution is 5.83. The zero-order valence-corrected chi connectivity index (χ0v) is 12.2. The summed E-state index contributed by atoms with van der Waals surface area (Å²) < 4.78 is 0. The molecule has 0 spiro atoms. The lowest BCUT2D eigenvalue weighted by atomic mass is 9.80. The molecule has 2 N–H and O–H groups in total. The smallest absolute Gasteiger partial charge is 0.326 e. The zero-order chi connectivity index (χ0) is 14.3. The van der Waals surface area contributed by atoms with Gasteiger partial charge in [-0.1, -0.05) is 47.5 Å². The fourth-order valence-corrected chi connectivity index (χ4v) is 1.50. The lowest BCUT2D eigenvalue weighted by molar-refractivity contribution is -0.142. The van der Waals surface area contributed by atoms with Crippen LogP contribution in [-0.2, 0) is 9.59 Å². The Bertz CT molecular complexity index is 281. The normalized spacial score (nSPS) is 14.9. The molecule has 106 valence electrons. The second-order valence-corrected chi connectivity index (χ2v) is 6.07. The van der Waals surface area contributed by atoms with Crippen LogP contribution in [0.5, 0.6) is 0 Å². The van der Waals surface area contributed by atoms with E-state index in [1.165, 1.54) is 0 Å². The van der Waals surface area contributed by atoms with Crippen LogP contribution in [-0.4, -0.2) is 23.0 Å². The van der Waals surface area contributed by atoms with Crippen molar-refractivity contribution in [2.45, 2.75) is 66.3 Å². The maximum atomic E-state index is 11.8. The number of aliphatic carboxylic acids is 1. The Morgan fingerprint density at radius 1 is 1.28 bits per heavy atom. The average Bonchev–Trinajstić information content (AvgIpc) is 2.22. The molecular weight excluding hydrogens is 230 g/mol. The third-order valence-electron chi connectivity index (χ3n) is 3.45. The Hall–Kier alpha value is -1.06. The first-order valence-corrected chi connectivity index (χ1v) is 6.70. The summed E-state index contributed by atoms with van der Waals surface area (Å²) in [4.78, 5) is 22.8. The maximum absolute atomic E-state index is 11.8. The van der Waals surface area contributed by atoms with Crippen LogP contribution in [0.2, 0.25) is 0 Å². The highest BCUT2D eigenvalue weighted by Gasteiger charge is 2.25. The molecule has 18 heavy (non-hydrogen) atoms. The molecule has 1 amide bonds. The minimum atomic E-state index is -0.944. The van der Waals surface area contributed by atoms with Gasteiger partial charge in [0.15, 0.2) is 0 Å². The summed E-state index contributed by atoms with van der Waals surface area (Å²) in [6.07, 6.45) is 2.62. The van der Waals surface area contributed by atoms with Gasteiger partial charge < -0.3 is 10.4 Å². The molecule has 0 aromatic heterocycles. The zero-order valence-electron chi connectivity index (χ0n) is 12.2. The van der Waals surface area contributed by atoms with Gasteiger partial charge >= 0.3 is 5.97 Å². The molecule has 0 rings (SSSR count). The van der Waals surface area contributed by atoms with E-state index in [1.807, 2.05) is 13.8 Å². The van der Waals surface area contributed by atoms with E-state index in [4.69, 9.17) is 5.11 Å². The van der Waals surface area contributed by atoms with Crippen molar-refractivity contribution in [1.29, 1.82) is 0 Å². The minimum absolute atomic E-state index is 0.0550. The van der Waals surface area contributed by atoms with E-state index in [1.54, 1.807) is 0 Å². The van der Waals surface area contributed by atoms with Gasteiger partial charge in [0.25, 0.3) is 0 Å². The lowest BCUT2D eigenvalue weighted by Gasteiger charge is -2.27. The number of carboxylic acid groups (broad SMARTS) is 1. The molecular formula is C14H27NO3. The van der Waals surface area contributed by atoms with E-state index < -0.39 is 12.0 Å². The first kappa shape index (κ1) is 16.9. The van der Waals surface area contributed by atoms with Crippen LogP contribution in [0.25, 0.3) is 0 Å². The summed E-state index contributed by atoms with van der Waals surface area (Å²) >= 11 is 0. The van der Waals surface area contributed by atoms with Crippen molar-refractivity contribution in [2.24, 2.45) is 11.3 Å². The van der Waals surface area contributed by atoms with E-state index >= 15 is 0 Å². The number of rotatable bonds is 7. The molecule has 4 nitrogen and oxygen atoms in total. The monoisotopic (exact) mass is 257 g/mol. The Morgan fingerprint density at radius 3 is 2.22 bits per heavy atom. The molecule has 0 radical (unpaired) electrons. The molecule has 0 aliphatic carbocycles. The van der Waals surface area contributed by atoms with E-state index in [0.29, 0.717) is 12.8 Å². The minimum Gasteiger partial charge on any atom is -0.480 e. The summed E-state index contributed by atoms with van der Waals surface area (Å²) in [6.45, 7) is 10.3. The quantitative estimate of drug-likeness (QED) is 0.737. The van der Waals surface area contributed by atoms with Gasteiger partial charge in [-0.25, -0.2) is 4.79 Å². The van der Waals surface area contributed by atoms with Crippen molar-refractivity contribution < 1.29 is 14.7 Å². The second-order valence-electron chi connectivity index (χ2n) is 6.07. The highest BCUT2D eigenvalue weighted by Crippen LogP contribution is 2.27. The maximum Gasteiger partial charge on any atom is 0.326 e. The molecule has 0 aliphatic heterocycles. The number of nitrogens with one attached hydrogen (secondary N) is 1. The van der Waals surface area contributed by atoms with Gasteiger partial charge in [0.1, 0.15) is 6.04 Å². The largest absolute Gasteiger partial charge is 0.480 e. The Labute approximate surface area is 110 Å². The van der Waals surface area contributed by atoms with Gasteiger partial charge in [0, 0.05) is 6.42 Å². The molecule has 0 saturated heterocycles. The number of unbranched alkanes of at least 4 members (excludes halogenated alkanes) is 1. The first-order chi connectivity index (χ1) is 8.18. The Kier molecular flexibility index (Phi) is 6.96. The molecule has 0 bridgehead atoms. The van der Waals surface area contributed by atoms with Crippen molar-refractivity contribution in [3.63, 3.8) is 0 Å². The van der Waals surface area contributed by atoms with Crippen LogP contribution in [0.3, 0.4) is 0 Å². The number of carbonyl (C=O) groups is 2. The predicted octanol–water partition coefficient (Wildman–Crippen LogP) is 2.82. The summed E-state index contributed by atoms with van der Waals surface area (Å²) in [6, 6.07) is -0.746. The molecule has 0 aliphatic rings. The molecule has 0 saturated carbocycles. The van der Waals surface area contributed by atoms with E-state index in [9.17, 15) is 9.59 Å². The number of amides is 1. The van der Waals surface area contributed by atoms with Crippen LogP contribution in [0.15, 0.2) is 0 Å². The highest BCUT2D eigenvalue weighted by atomic mass is 16.4. The number of carbonyl (C=O) groups excluding carboxylic acids is 1. The predicted molar refractivity (Wildman–Crippen MR) is 72.3 cm³/mol. The van der Waals surface area contributed by atoms with Crippen molar-refractivity contribution >= 4 is 11.9 Å². The molecule has 2 atom stereocenters. The number of carboxylic acids is 1. The van der Waals surface area contributed by atoms with Gasteiger partial charge in [-0.3, -0.25) is 4.79 Å². The van der Waals surface area contributed by atoms with Crippen LogP contribution in [0, 0.1) is 11.3 Å². The fourth-order valence-electron chi connectivity index (χ4n) is 1.50. The van der Waals surface area contributed by atoms with Crippen molar-refractivity contribution in [2.75, 3.05) is 0 Å². The third kappa shape index (κ3) is 6.62. The molecule has 0 fully saturated rings. The van der Waals surface area contributed by atoms with E-state index in [0.717, 1.165) is 12.8 Å². The number of hydrogen-bond acceptors (Lipinski definition) is 2. The standard InChI is InChI=1S/C14H27NO3/c1-6-7-8-11(13(17)18)15-12(16)9-10(2)14(3,4)5/h10-11H,6-9H2,1-5H3,(H,15,16)(H,17,18)/t10?,11-/m0/s1. The van der Waals surface area contributed by atoms with Gasteiger partial charge in [-0.15, -0.1) is 0 Å². The van der Waals surface area contributed by atoms with Crippen molar-refractivity contribution in [1.82, 2.24) is 5.32 Å². The molecule has 0 aromatic carbocycles. The van der Waals surface area contributed by atoms with Gasteiger partial charge in [0.2, 0.25) is 5.91 Å². The summed E-state index contributed by atoms with van der Waals surface area (Å²) in [5.74, 6) is -0.890. The van der Waals surface area contributed by atoms with Gasteiger partial charge in [-0.2, -0.15) is 0 Å². The van der Waals surface area contributed by atoms with Gasteiger partial charge in [-0.05, 0) is 17.8 Å². The molecule has 0 aromatic rings.